The molecule has 0 aromatic heterocycles. The molecule has 5 heteroatoms. The molecule has 4 atom stereocenters. The van der Waals surface area contributed by atoms with Crippen molar-refractivity contribution in [1.29, 1.82) is 0 Å². The summed E-state index contributed by atoms with van der Waals surface area (Å²) < 4.78 is 10.9. The van der Waals surface area contributed by atoms with Crippen molar-refractivity contribution >= 4 is 0 Å². The zero-order valence-electron chi connectivity index (χ0n) is 20.1. The lowest BCUT2D eigenvalue weighted by atomic mass is 10.0. The molecule has 0 saturated carbocycles. The summed E-state index contributed by atoms with van der Waals surface area (Å²) in [6, 6.07) is 0. The Balaban J connectivity index is 1.77. The highest BCUT2D eigenvalue weighted by Crippen LogP contribution is 2.16. The minimum Gasteiger partial charge on any atom is -0.388 e. The molecule has 0 aromatic rings. The fourth-order valence-electron chi connectivity index (χ4n) is 4.02. The maximum Gasteiger partial charge on any atom is 0.111 e. The highest BCUT2D eigenvalue weighted by molar-refractivity contribution is 4.86. The van der Waals surface area contributed by atoms with Crippen LogP contribution >= 0.6 is 0 Å². The van der Waals surface area contributed by atoms with E-state index in [0.717, 1.165) is 12.8 Å². The van der Waals surface area contributed by atoms with Crippen molar-refractivity contribution < 1.29 is 24.8 Å². The van der Waals surface area contributed by atoms with Crippen LogP contribution in [0.15, 0.2) is 12.2 Å². The van der Waals surface area contributed by atoms with Crippen molar-refractivity contribution in [1.82, 2.24) is 0 Å². The molecule has 1 fully saturated rings. The summed E-state index contributed by atoms with van der Waals surface area (Å²) in [6.07, 6.45) is 21.8. The SMILES string of the molecule is CCCCCCCCC/C=C/CCCCCCCCCOC[C@@H]1OC[C@@H](O)[C@H](O)[C@H]1O. The van der Waals surface area contributed by atoms with E-state index < -0.39 is 24.4 Å². The summed E-state index contributed by atoms with van der Waals surface area (Å²) in [5, 5.41) is 28.9. The second kappa shape index (κ2) is 20.2. The highest BCUT2D eigenvalue weighted by atomic mass is 16.6. The van der Waals surface area contributed by atoms with Crippen molar-refractivity contribution in [2.24, 2.45) is 0 Å². The number of hydrogen-bond acceptors (Lipinski definition) is 5. The van der Waals surface area contributed by atoms with E-state index in [4.69, 9.17) is 9.47 Å². The molecule has 1 aliphatic rings. The van der Waals surface area contributed by atoms with Crippen LogP contribution in [0.5, 0.6) is 0 Å². The number of unbranched alkanes of at least 4 members (excludes halogenated alkanes) is 14. The second-order valence-electron chi connectivity index (χ2n) is 9.14. The molecule has 5 nitrogen and oxygen atoms in total. The summed E-state index contributed by atoms with van der Waals surface area (Å²) in [5.41, 5.74) is 0. The van der Waals surface area contributed by atoms with Crippen molar-refractivity contribution in [3.63, 3.8) is 0 Å². The van der Waals surface area contributed by atoms with Crippen LogP contribution in [-0.2, 0) is 9.47 Å². The quantitative estimate of drug-likeness (QED) is 0.176. The van der Waals surface area contributed by atoms with Crippen LogP contribution in [0.4, 0.5) is 0 Å². The minimum absolute atomic E-state index is 0.0429. The van der Waals surface area contributed by atoms with E-state index in [-0.39, 0.29) is 13.2 Å². The van der Waals surface area contributed by atoms with Crippen molar-refractivity contribution in [3.05, 3.63) is 12.2 Å². The van der Waals surface area contributed by atoms with Gasteiger partial charge in [0.15, 0.2) is 0 Å². The maximum atomic E-state index is 9.85. The van der Waals surface area contributed by atoms with Gasteiger partial charge in [-0.1, -0.05) is 89.7 Å². The van der Waals surface area contributed by atoms with Crippen molar-refractivity contribution in [2.75, 3.05) is 19.8 Å². The van der Waals surface area contributed by atoms with Crippen LogP contribution in [0.2, 0.25) is 0 Å². The van der Waals surface area contributed by atoms with E-state index in [1.807, 2.05) is 0 Å². The third-order valence-corrected chi connectivity index (χ3v) is 6.19. The smallest absolute Gasteiger partial charge is 0.111 e. The van der Waals surface area contributed by atoms with Crippen molar-refractivity contribution in [3.8, 4) is 0 Å². The summed E-state index contributed by atoms with van der Waals surface area (Å²) in [7, 11) is 0. The molecular formula is C26H50O5. The zero-order chi connectivity index (χ0) is 22.6. The monoisotopic (exact) mass is 442 g/mol. The predicted molar refractivity (Wildman–Crippen MR) is 127 cm³/mol. The lowest BCUT2D eigenvalue weighted by Gasteiger charge is -2.35. The van der Waals surface area contributed by atoms with E-state index >= 15 is 0 Å². The van der Waals surface area contributed by atoms with Gasteiger partial charge in [-0.05, 0) is 32.1 Å². The summed E-state index contributed by atoms with van der Waals surface area (Å²) in [6.45, 7) is 3.22. The number of aliphatic hydroxyl groups is 3. The zero-order valence-corrected chi connectivity index (χ0v) is 20.1. The topological polar surface area (TPSA) is 79.2 Å². The Morgan fingerprint density at radius 2 is 1.23 bits per heavy atom. The van der Waals surface area contributed by atoms with Crippen LogP contribution in [0, 0.1) is 0 Å². The average Bonchev–Trinajstić information content (AvgIpc) is 2.77. The molecule has 3 N–H and O–H groups in total. The minimum atomic E-state index is -1.15. The molecular weight excluding hydrogens is 392 g/mol. The fraction of sp³-hybridized carbons (Fsp3) is 0.923. The van der Waals surface area contributed by atoms with Gasteiger partial charge < -0.3 is 24.8 Å². The van der Waals surface area contributed by atoms with Gasteiger partial charge in [0.05, 0.1) is 13.2 Å². The molecule has 1 aliphatic heterocycles. The molecule has 1 heterocycles. The molecule has 0 radical (unpaired) electrons. The van der Waals surface area contributed by atoms with Crippen molar-refractivity contribution in [2.45, 2.75) is 134 Å². The lowest BCUT2D eigenvalue weighted by molar-refractivity contribution is -0.199. The first-order valence-corrected chi connectivity index (χ1v) is 13.0. The Morgan fingerprint density at radius 1 is 0.710 bits per heavy atom. The lowest BCUT2D eigenvalue weighted by Crippen LogP contribution is -2.54. The van der Waals surface area contributed by atoms with Gasteiger partial charge in [-0.15, -0.1) is 0 Å². The molecule has 0 amide bonds. The van der Waals surface area contributed by atoms with Gasteiger partial charge in [0.2, 0.25) is 0 Å². The number of aliphatic hydroxyl groups excluding tert-OH is 3. The maximum absolute atomic E-state index is 9.85. The summed E-state index contributed by atoms with van der Waals surface area (Å²) in [5.74, 6) is 0. The first kappa shape index (κ1) is 28.6. The van der Waals surface area contributed by atoms with Gasteiger partial charge in [0, 0.05) is 6.61 Å². The molecule has 1 saturated heterocycles. The third kappa shape index (κ3) is 15.1. The molecule has 1 rings (SSSR count). The van der Waals surface area contributed by atoms with Crippen LogP contribution in [0.1, 0.15) is 110 Å². The molecule has 0 aliphatic carbocycles. The molecule has 0 aromatic carbocycles. The molecule has 0 spiro atoms. The number of allylic oxidation sites excluding steroid dienone is 2. The predicted octanol–water partition coefficient (Wildman–Crippen LogP) is 5.30. The van der Waals surface area contributed by atoms with E-state index in [9.17, 15) is 15.3 Å². The molecule has 0 unspecified atom stereocenters. The van der Waals surface area contributed by atoms with Gasteiger partial charge in [0.25, 0.3) is 0 Å². The second-order valence-corrected chi connectivity index (χ2v) is 9.14. The largest absolute Gasteiger partial charge is 0.388 e. The Bertz CT molecular complexity index is 415. The van der Waals surface area contributed by atoms with E-state index in [1.165, 1.54) is 89.9 Å². The van der Waals surface area contributed by atoms with Crippen LogP contribution in [0.25, 0.3) is 0 Å². The van der Waals surface area contributed by atoms with E-state index in [2.05, 4.69) is 19.1 Å². The number of hydrogen-bond donors (Lipinski definition) is 3. The van der Waals surface area contributed by atoms with Gasteiger partial charge in [0.1, 0.15) is 24.4 Å². The van der Waals surface area contributed by atoms with E-state index in [0.29, 0.717) is 6.61 Å². The first-order valence-electron chi connectivity index (χ1n) is 13.0. The van der Waals surface area contributed by atoms with Crippen LogP contribution in [-0.4, -0.2) is 59.6 Å². The first-order chi connectivity index (χ1) is 15.2. The Hall–Kier alpha value is -0.460. The molecule has 0 bridgehead atoms. The summed E-state index contributed by atoms with van der Waals surface area (Å²) >= 11 is 0. The Labute approximate surface area is 191 Å². The molecule has 184 valence electrons. The fourth-order valence-corrected chi connectivity index (χ4v) is 4.02. The van der Waals surface area contributed by atoms with Gasteiger partial charge in [-0.3, -0.25) is 0 Å². The van der Waals surface area contributed by atoms with Crippen LogP contribution in [0.3, 0.4) is 0 Å². The van der Waals surface area contributed by atoms with Gasteiger partial charge >= 0.3 is 0 Å². The Morgan fingerprint density at radius 3 is 1.81 bits per heavy atom. The summed E-state index contributed by atoms with van der Waals surface area (Å²) in [4.78, 5) is 0. The average molecular weight is 443 g/mol. The normalized spacial score (nSPS) is 24.3. The highest BCUT2D eigenvalue weighted by Gasteiger charge is 2.37. The van der Waals surface area contributed by atoms with E-state index in [1.54, 1.807) is 0 Å². The van der Waals surface area contributed by atoms with Gasteiger partial charge in [-0.25, -0.2) is 0 Å². The van der Waals surface area contributed by atoms with Gasteiger partial charge in [-0.2, -0.15) is 0 Å². The van der Waals surface area contributed by atoms with Crippen LogP contribution < -0.4 is 0 Å². The molecule has 31 heavy (non-hydrogen) atoms. The third-order valence-electron chi connectivity index (χ3n) is 6.19. The number of ether oxygens (including phenoxy) is 2. The standard InChI is InChI=1S/C26H50O5/c1-2-3-4-5-6-7-8-9-10-11-12-13-14-15-16-17-18-19-20-30-22-24-26(29)25(28)23(27)21-31-24/h10-11,23-29H,2-9,12-22H2,1H3/b11-10+/t23-,24+,25+,26+/m1/s1. The Kier molecular flexibility index (Phi) is 18.6. The number of rotatable bonds is 20.